The van der Waals surface area contributed by atoms with Gasteiger partial charge in [-0.25, -0.2) is 4.79 Å². The van der Waals surface area contributed by atoms with Crippen molar-refractivity contribution in [1.29, 1.82) is 0 Å². The molecule has 0 aromatic rings. The van der Waals surface area contributed by atoms with Crippen molar-refractivity contribution in [2.45, 2.75) is 50.9 Å². The Hall–Kier alpha value is -1.20. The predicted octanol–water partition coefficient (Wildman–Crippen LogP) is 0.585. The number of fused-ring (bicyclic) bond motifs is 3. The third kappa shape index (κ3) is 1.35. The minimum Gasteiger partial charge on any atom is -0.457 e. The van der Waals surface area contributed by atoms with Crippen LogP contribution < -0.4 is 0 Å². The van der Waals surface area contributed by atoms with Gasteiger partial charge in [-0.2, -0.15) is 0 Å². The summed E-state index contributed by atoms with van der Waals surface area (Å²) in [4.78, 5) is 24.2. The predicted molar refractivity (Wildman–Crippen MR) is 69.6 cm³/mol. The van der Waals surface area contributed by atoms with Gasteiger partial charge in [-0.1, -0.05) is 13.5 Å². The molecule has 0 unspecified atom stereocenters. The molecule has 3 fully saturated rings. The Labute approximate surface area is 117 Å². The lowest BCUT2D eigenvalue weighted by molar-refractivity contribution is -0.171. The summed E-state index contributed by atoms with van der Waals surface area (Å²) in [5.41, 5.74) is -2.20. The van der Waals surface area contributed by atoms with E-state index in [0.29, 0.717) is 12.8 Å². The average Bonchev–Trinajstić information content (AvgIpc) is 2.79. The Bertz CT molecular complexity index is 512. The molecule has 5 nitrogen and oxygen atoms in total. The average molecular weight is 280 g/mol. The summed E-state index contributed by atoms with van der Waals surface area (Å²) in [5.74, 6) is -1.52. The van der Waals surface area contributed by atoms with Gasteiger partial charge in [-0.05, 0) is 25.7 Å². The second-order valence-electron chi connectivity index (χ2n) is 6.63. The van der Waals surface area contributed by atoms with E-state index < -0.39 is 35.1 Å². The van der Waals surface area contributed by atoms with E-state index in [1.165, 1.54) is 0 Å². The van der Waals surface area contributed by atoms with Gasteiger partial charge in [0.25, 0.3) is 0 Å². The summed E-state index contributed by atoms with van der Waals surface area (Å²) in [7, 11) is 0. The van der Waals surface area contributed by atoms with Crippen molar-refractivity contribution >= 4 is 11.8 Å². The largest absolute Gasteiger partial charge is 0.457 e. The number of esters is 1. The first-order valence-electron chi connectivity index (χ1n) is 7.07. The minimum absolute atomic E-state index is 0.0987. The normalized spacial score (nSPS) is 51.5. The molecular formula is C15H20O5. The molecule has 5 heteroatoms. The van der Waals surface area contributed by atoms with Gasteiger partial charge >= 0.3 is 5.97 Å². The number of hydrogen-bond donors (Lipinski definition) is 2. The van der Waals surface area contributed by atoms with Crippen molar-refractivity contribution in [1.82, 2.24) is 0 Å². The first-order chi connectivity index (χ1) is 9.23. The van der Waals surface area contributed by atoms with E-state index in [-0.39, 0.29) is 23.7 Å². The Morgan fingerprint density at radius 3 is 2.70 bits per heavy atom. The van der Waals surface area contributed by atoms with E-state index in [4.69, 9.17) is 4.74 Å². The smallest absolute Gasteiger partial charge is 0.334 e. The van der Waals surface area contributed by atoms with Gasteiger partial charge < -0.3 is 14.9 Å². The lowest BCUT2D eigenvalue weighted by Gasteiger charge is -2.43. The first-order valence-corrected chi connectivity index (χ1v) is 7.07. The third-order valence-electron chi connectivity index (χ3n) is 5.83. The number of aliphatic hydroxyl groups is 2. The molecule has 0 amide bonds. The van der Waals surface area contributed by atoms with Crippen molar-refractivity contribution in [2.75, 3.05) is 0 Å². The van der Waals surface area contributed by atoms with Crippen molar-refractivity contribution in [3.63, 3.8) is 0 Å². The Morgan fingerprint density at radius 1 is 1.40 bits per heavy atom. The number of ketones is 1. The SMILES string of the molecule is C=C1C(=O)O[C@@H]2[C@H]1[C@H](O)C[C@H](C)[C@]1(O)CCC(=O)[C@@]21C. The fourth-order valence-corrected chi connectivity index (χ4v) is 4.43. The zero-order valence-corrected chi connectivity index (χ0v) is 11.8. The van der Waals surface area contributed by atoms with Crippen LogP contribution in [0.15, 0.2) is 12.2 Å². The highest BCUT2D eigenvalue weighted by Crippen LogP contribution is 2.58. The number of Topliss-reactive ketones (excluding diaryl/α,β-unsaturated/α-hetero) is 1. The molecule has 0 aromatic heterocycles. The molecule has 2 aliphatic carbocycles. The molecule has 0 spiro atoms. The zero-order chi connectivity index (χ0) is 14.9. The highest BCUT2D eigenvalue weighted by Gasteiger charge is 2.69. The Morgan fingerprint density at radius 2 is 2.05 bits per heavy atom. The Balaban J connectivity index is 2.18. The molecule has 0 aromatic carbocycles. The van der Waals surface area contributed by atoms with Crippen molar-refractivity contribution in [3.05, 3.63) is 12.2 Å². The maximum absolute atomic E-state index is 12.4. The van der Waals surface area contributed by atoms with Crippen LogP contribution in [-0.2, 0) is 14.3 Å². The highest BCUT2D eigenvalue weighted by molar-refractivity contribution is 5.95. The van der Waals surface area contributed by atoms with Crippen LogP contribution in [0.4, 0.5) is 0 Å². The van der Waals surface area contributed by atoms with E-state index in [9.17, 15) is 19.8 Å². The lowest BCUT2D eigenvalue weighted by Crippen LogP contribution is -2.56. The molecule has 20 heavy (non-hydrogen) atoms. The van der Waals surface area contributed by atoms with Gasteiger partial charge in [0.1, 0.15) is 11.9 Å². The van der Waals surface area contributed by atoms with Crippen LogP contribution in [-0.4, -0.2) is 39.8 Å². The molecule has 110 valence electrons. The zero-order valence-electron chi connectivity index (χ0n) is 11.8. The number of aliphatic hydroxyl groups excluding tert-OH is 1. The van der Waals surface area contributed by atoms with Gasteiger partial charge in [-0.15, -0.1) is 0 Å². The lowest BCUT2D eigenvalue weighted by atomic mass is 9.65. The van der Waals surface area contributed by atoms with Crippen LogP contribution in [0.2, 0.25) is 0 Å². The van der Waals surface area contributed by atoms with Gasteiger partial charge in [0.15, 0.2) is 0 Å². The Kier molecular flexibility index (Phi) is 2.70. The minimum atomic E-state index is -1.24. The molecule has 6 atom stereocenters. The highest BCUT2D eigenvalue weighted by atomic mass is 16.6. The van der Waals surface area contributed by atoms with Crippen LogP contribution in [0.1, 0.15) is 33.1 Å². The molecule has 3 rings (SSSR count). The topological polar surface area (TPSA) is 83.8 Å². The van der Waals surface area contributed by atoms with Crippen LogP contribution in [0, 0.1) is 17.3 Å². The van der Waals surface area contributed by atoms with Gasteiger partial charge in [0, 0.05) is 12.0 Å². The molecule has 1 aliphatic heterocycles. The van der Waals surface area contributed by atoms with E-state index in [1.54, 1.807) is 6.92 Å². The number of ether oxygens (including phenoxy) is 1. The van der Waals surface area contributed by atoms with Gasteiger partial charge in [-0.3, -0.25) is 4.79 Å². The monoisotopic (exact) mass is 280 g/mol. The molecule has 2 N–H and O–H groups in total. The molecular weight excluding hydrogens is 260 g/mol. The first kappa shape index (κ1) is 13.8. The maximum atomic E-state index is 12.4. The van der Waals surface area contributed by atoms with E-state index in [0.717, 1.165) is 0 Å². The second-order valence-corrected chi connectivity index (χ2v) is 6.63. The van der Waals surface area contributed by atoms with E-state index in [2.05, 4.69) is 6.58 Å². The summed E-state index contributed by atoms with van der Waals surface area (Å²) in [6.45, 7) is 7.21. The van der Waals surface area contributed by atoms with Crippen LogP contribution in [0.5, 0.6) is 0 Å². The van der Waals surface area contributed by atoms with Gasteiger partial charge in [0.05, 0.1) is 23.0 Å². The quantitative estimate of drug-likeness (QED) is 0.501. The second kappa shape index (κ2) is 3.92. The number of rotatable bonds is 0. The molecule has 1 saturated heterocycles. The number of hydrogen-bond acceptors (Lipinski definition) is 5. The molecule has 1 heterocycles. The standard InChI is InChI=1S/C15H20O5/c1-7-6-9(16)11-8(2)13(18)20-12(11)14(3)10(17)4-5-15(7,14)19/h7,9,11-12,16,19H,2,4-6H2,1,3H3/t7-,9+,11+,12+,14-,15+/m0/s1. The fraction of sp³-hybridized carbons (Fsp3) is 0.733. The fourth-order valence-electron chi connectivity index (χ4n) is 4.43. The van der Waals surface area contributed by atoms with E-state index >= 15 is 0 Å². The van der Waals surface area contributed by atoms with Crippen LogP contribution >= 0.6 is 0 Å². The van der Waals surface area contributed by atoms with Crippen LogP contribution in [0.25, 0.3) is 0 Å². The maximum Gasteiger partial charge on any atom is 0.334 e. The number of carbonyl (C=O) groups is 2. The molecule has 0 bridgehead atoms. The molecule has 3 aliphatic rings. The molecule has 2 saturated carbocycles. The van der Waals surface area contributed by atoms with Crippen molar-refractivity contribution in [2.24, 2.45) is 17.3 Å². The number of carbonyl (C=O) groups excluding carboxylic acids is 2. The summed E-state index contributed by atoms with van der Waals surface area (Å²) in [6, 6.07) is 0. The van der Waals surface area contributed by atoms with E-state index in [1.807, 2.05) is 6.92 Å². The molecule has 0 radical (unpaired) electrons. The summed E-state index contributed by atoms with van der Waals surface area (Å²) >= 11 is 0. The van der Waals surface area contributed by atoms with Crippen LogP contribution in [0.3, 0.4) is 0 Å². The van der Waals surface area contributed by atoms with Crippen molar-refractivity contribution < 1.29 is 24.5 Å². The summed E-state index contributed by atoms with van der Waals surface area (Å²) in [5, 5.41) is 21.4. The third-order valence-corrected chi connectivity index (χ3v) is 5.83. The van der Waals surface area contributed by atoms with Gasteiger partial charge in [0.2, 0.25) is 0 Å². The summed E-state index contributed by atoms with van der Waals surface area (Å²) < 4.78 is 5.35. The summed E-state index contributed by atoms with van der Waals surface area (Å²) in [6.07, 6.45) is -0.684. The van der Waals surface area contributed by atoms with Crippen molar-refractivity contribution in [3.8, 4) is 0 Å².